The van der Waals surface area contributed by atoms with E-state index in [-0.39, 0.29) is 11.5 Å². The highest BCUT2D eigenvalue weighted by molar-refractivity contribution is 7.88. The maximum atomic E-state index is 12.0. The van der Waals surface area contributed by atoms with Crippen LogP contribution in [-0.2, 0) is 22.2 Å². The third-order valence-electron chi connectivity index (χ3n) is 3.07. The molecule has 2 rings (SSSR count). The van der Waals surface area contributed by atoms with E-state index in [0.717, 1.165) is 5.56 Å². The molecule has 0 saturated heterocycles. The van der Waals surface area contributed by atoms with Crippen molar-refractivity contribution in [1.29, 1.82) is 0 Å². The summed E-state index contributed by atoms with van der Waals surface area (Å²) in [5, 5.41) is 9.18. The SMILES string of the molecule is Nc1ccccc1CS(=O)(=O)NCCc1ccc(O)cc1. The molecular formula is C15H18N2O3S. The number of anilines is 1. The summed E-state index contributed by atoms with van der Waals surface area (Å²) >= 11 is 0. The lowest BCUT2D eigenvalue weighted by Gasteiger charge is -2.08. The van der Waals surface area contributed by atoms with Gasteiger partial charge in [0, 0.05) is 12.2 Å². The molecule has 6 heteroatoms. The Morgan fingerprint density at radius 2 is 1.71 bits per heavy atom. The van der Waals surface area contributed by atoms with Crippen LogP contribution >= 0.6 is 0 Å². The Morgan fingerprint density at radius 3 is 2.38 bits per heavy atom. The molecule has 0 atom stereocenters. The van der Waals surface area contributed by atoms with Crippen molar-refractivity contribution in [3.8, 4) is 5.75 Å². The number of aromatic hydroxyl groups is 1. The molecule has 0 radical (unpaired) electrons. The van der Waals surface area contributed by atoms with E-state index in [1.807, 2.05) is 0 Å². The van der Waals surface area contributed by atoms with Crippen LogP contribution in [0.15, 0.2) is 48.5 Å². The summed E-state index contributed by atoms with van der Waals surface area (Å²) < 4.78 is 26.5. The van der Waals surface area contributed by atoms with Crippen LogP contribution in [0, 0.1) is 0 Å². The van der Waals surface area contributed by atoms with Crippen LogP contribution in [0.25, 0.3) is 0 Å². The minimum absolute atomic E-state index is 0.130. The number of rotatable bonds is 6. The first kappa shape index (κ1) is 15.3. The quantitative estimate of drug-likeness (QED) is 0.707. The third-order valence-corrected chi connectivity index (χ3v) is 4.41. The molecule has 0 spiro atoms. The standard InChI is InChI=1S/C15H18N2O3S/c16-15-4-2-1-3-13(15)11-21(19,20)17-10-9-12-5-7-14(18)8-6-12/h1-8,17-18H,9-11,16H2. The Morgan fingerprint density at radius 1 is 1.05 bits per heavy atom. The first-order valence-electron chi connectivity index (χ1n) is 6.55. The highest BCUT2D eigenvalue weighted by Crippen LogP contribution is 2.14. The summed E-state index contributed by atoms with van der Waals surface area (Å²) in [6.45, 7) is 0.305. The smallest absolute Gasteiger partial charge is 0.215 e. The fraction of sp³-hybridized carbons (Fsp3) is 0.200. The second kappa shape index (κ2) is 6.60. The van der Waals surface area contributed by atoms with E-state index in [4.69, 9.17) is 5.73 Å². The van der Waals surface area contributed by atoms with Crippen molar-refractivity contribution >= 4 is 15.7 Å². The van der Waals surface area contributed by atoms with Gasteiger partial charge in [-0.3, -0.25) is 0 Å². The highest BCUT2D eigenvalue weighted by atomic mass is 32.2. The predicted octanol–water partition coefficient (Wildman–Crippen LogP) is 1.64. The Hall–Kier alpha value is -2.05. The van der Waals surface area contributed by atoms with Gasteiger partial charge in [0.25, 0.3) is 0 Å². The summed E-state index contributed by atoms with van der Waals surface area (Å²) in [5.74, 6) is 0.0637. The molecule has 0 aliphatic rings. The van der Waals surface area contributed by atoms with Crippen LogP contribution in [0.1, 0.15) is 11.1 Å². The van der Waals surface area contributed by atoms with Gasteiger partial charge >= 0.3 is 0 Å². The number of benzene rings is 2. The molecule has 0 bridgehead atoms. The van der Waals surface area contributed by atoms with Crippen LogP contribution in [0.3, 0.4) is 0 Å². The van der Waals surface area contributed by atoms with Crippen molar-refractivity contribution in [2.75, 3.05) is 12.3 Å². The molecule has 2 aromatic carbocycles. The number of phenols is 1. The number of nitrogens with two attached hydrogens (primary N) is 1. The number of phenolic OH excluding ortho intramolecular Hbond substituents is 1. The van der Waals surface area contributed by atoms with E-state index < -0.39 is 10.0 Å². The largest absolute Gasteiger partial charge is 0.508 e. The fourth-order valence-corrected chi connectivity index (χ4v) is 3.12. The Labute approximate surface area is 124 Å². The topological polar surface area (TPSA) is 92.4 Å². The Bertz CT molecular complexity index is 697. The van der Waals surface area contributed by atoms with Gasteiger partial charge < -0.3 is 10.8 Å². The zero-order valence-electron chi connectivity index (χ0n) is 11.5. The van der Waals surface area contributed by atoms with Crippen molar-refractivity contribution in [2.45, 2.75) is 12.2 Å². The fourth-order valence-electron chi connectivity index (χ4n) is 1.93. The number of para-hydroxylation sites is 1. The van der Waals surface area contributed by atoms with Gasteiger partial charge in [-0.2, -0.15) is 0 Å². The first-order valence-corrected chi connectivity index (χ1v) is 8.20. The monoisotopic (exact) mass is 306 g/mol. The van der Waals surface area contributed by atoms with Gasteiger partial charge in [-0.1, -0.05) is 30.3 Å². The van der Waals surface area contributed by atoms with Crippen LogP contribution in [0.2, 0.25) is 0 Å². The molecule has 0 fully saturated rings. The first-order chi connectivity index (χ1) is 9.96. The molecule has 0 aliphatic carbocycles. The summed E-state index contributed by atoms with van der Waals surface area (Å²) in [6.07, 6.45) is 0.559. The predicted molar refractivity (Wildman–Crippen MR) is 83.3 cm³/mol. The Kier molecular flexibility index (Phi) is 4.82. The van der Waals surface area contributed by atoms with Gasteiger partial charge in [-0.15, -0.1) is 0 Å². The molecule has 0 heterocycles. The van der Waals surface area contributed by atoms with E-state index in [9.17, 15) is 13.5 Å². The number of nitrogens with one attached hydrogen (secondary N) is 1. The van der Waals surface area contributed by atoms with E-state index in [1.165, 1.54) is 0 Å². The van der Waals surface area contributed by atoms with Crippen molar-refractivity contribution in [2.24, 2.45) is 0 Å². The summed E-state index contributed by atoms with van der Waals surface area (Å²) in [4.78, 5) is 0. The average Bonchev–Trinajstić information content (AvgIpc) is 2.43. The van der Waals surface area contributed by atoms with Crippen molar-refractivity contribution in [3.63, 3.8) is 0 Å². The average molecular weight is 306 g/mol. The zero-order chi connectivity index (χ0) is 15.3. The van der Waals surface area contributed by atoms with Gasteiger partial charge in [-0.05, 0) is 35.7 Å². The normalized spacial score (nSPS) is 11.4. The van der Waals surface area contributed by atoms with Gasteiger partial charge in [0.1, 0.15) is 5.75 Å². The maximum Gasteiger partial charge on any atom is 0.215 e. The summed E-state index contributed by atoms with van der Waals surface area (Å²) in [7, 11) is -3.41. The molecule has 2 aromatic rings. The maximum absolute atomic E-state index is 12.0. The lowest BCUT2D eigenvalue weighted by molar-refractivity contribution is 0.475. The zero-order valence-corrected chi connectivity index (χ0v) is 12.3. The van der Waals surface area contributed by atoms with Crippen LogP contribution in [0.5, 0.6) is 5.75 Å². The van der Waals surface area contributed by atoms with Crippen molar-refractivity contribution in [3.05, 3.63) is 59.7 Å². The van der Waals surface area contributed by atoms with Crippen LogP contribution in [-0.4, -0.2) is 20.1 Å². The molecule has 112 valence electrons. The lowest BCUT2D eigenvalue weighted by atomic mass is 10.1. The van der Waals surface area contributed by atoms with Crippen LogP contribution in [0.4, 0.5) is 5.69 Å². The third kappa shape index (κ3) is 4.77. The number of hydrogen-bond donors (Lipinski definition) is 3. The molecule has 5 nitrogen and oxygen atoms in total. The second-order valence-electron chi connectivity index (χ2n) is 4.77. The molecule has 0 saturated carbocycles. The van der Waals surface area contributed by atoms with E-state index in [1.54, 1.807) is 48.5 Å². The molecule has 0 aromatic heterocycles. The summed E-state index contributed by atoms with van der Waals surface area (Å²) in [5.41, 5.74) is 7.76. The molecule has 21 heavy (non-hydrogen) atoms. The van der Waals surface area contributed by atoms with E-state index in [2.05, 4.69) is 4.72 Å². The van der Waals surface area contributed by atoms with E-state index >= 15 is 0 Å². The van der Waals surface area contributed by atoms with Crippen LogP contribution < -0.4 is 10.5 Å². The highest BCUT2D eigenvalue weighted by Gasteiger charge is 2.12. The minimum atomic E-state index is -3.41. The van der Waals surface area contributed by atoms with Gasteiger partial charge in [0.05, 0.1) is 5.75 Å². The number of hydrogen-bond acceptors (Lipinski definition) is 4. The molecule has 0 aliphatic heterocycles. The van der Waals surface area contributed by atoms with Gasteiger partial charge in [0.15, 0.2) is 0 Å². The Balaban J connectivity index is 1.90. The number of nitrogen functional groups attached to an aromatic ring is 1. The molecular weight excluding hydrogens is 288 g/mol. The molecule has 0 unspecified atom stereocenters. The lowest BCUT2D eigenvalue weighted by Crippen LogP contribution is -2.27. The van der Waals surface area contributed by atoms with Crippen molar-refractivity contribution < 1.29 is 13.5 Å². The van der Waals surface area contributed by atoms with Gasteiger partial charge in [-0.25, -0.2) is 13.1 Å². The van der Waals surface area contributed by atoms with Gasteiger partial charge in [0.2, 0.25) is 10.0 Å². The molecule has 0 amide bonds. The summed E-state index contributed by atoms with van der Waals surface area (Å²) in [6, 6.07) is 13.6. The second-order valence-corrected chi connectivity index (χ2v) is 6.58. The number of sulfonamides is 1. The molecule has 4 N–H and O–H groups in total. The minimum Gasteiger partial charge on any atom is -0.508 e. The van der Waals surface area contributed by atoms with Crippen molar-refractivity contribution in [1.82, 2.24) is 4.72 Å². The van der Waals surface area contributed by atoms with E-state index in [0.29, 0.717) is 24.2 Å².